The van der Waals surface area contributed by atoms with Gasteiger partial charge in [0.25, 0.3) is 10.0 Å². The Morgan fingerprint density at radius 2 is 1.97 bits per heavy atom. The first-order valence-electron chi connectivity index (χ1n) is 10.2. The van der Waals surface area contributed by atoms with Crippen LogP contribution < -0.4 is 14.6 Å². The van der Waals surface area contributed by atoms with E-state index in [-0.39, 0.29) is 22.8 Å². The predicted octanol–water partition coefficient (Wildman–Crippen LogP) is 4.22. The number of sulfonamides is 1. The number of nitrogens with zero attached hydrogens (tertiary/aromatic N) is 3. The predicted molar refractivity (Wildman–Crippen MR) is 120 cm³/mol. The zero-order valence-electron chi connectivity index (χ0n) is 17.2. The molecule has 8 nitrogen and oxygen atoms in total. The molecule has 0 aliphatic carbocycles. The molecule has 1 N–H and O–H groups in total. The zero-order chi connectivity index (χ0) is 23.8. The Morgan fingerprint density at radius 1 is 1.15 bits per heavy atom. The summed E-state index contributed by atoms with van der Waals surface area (Å²) in [4.78, 5) is 18.4. The number of anilines is 1. The molecule has 2 atom stereocenters. The Hall–Kier alpha value is -3.44. The number of halogens is 3. The SMILES string of the molecule is O=c1ccc(S(=O)(=O)N2c3cccc(OC(F)F)c3[C@H]3C[C@@H]2c2nc4ccc(Cl)cc4n23)c[nH]1. The van der Waals surface area contributed by atoms with E-state index in [1.807, 2.05) is 4.57 Å². The number of fused-ring (bicyclic) bond motifs is 3. The average Bonchev–Trinajstić information content (AvgIpc) is 3.29. The summed E-state index contributed by atoms with van der Waals surface area (Å²) in [7, 11) is -4.22. The molecule has 2 aliphatic heterocycles. The number of pyridine rings is 1. The van der Waals surface area contributed by atoms with Crippen LogP contribution in [0.3, 0.4) is 0 Å². The standard InChI is InChI=1S/C22H15ClF2N4O4S/c23-11-4-6-13-15(8-11)28-16-9-17(21(28)27-13)29(34(31,32)12-5-7-19(30)26-10-12)14-2-1-3-18(20(14)16)33-22(24)25/h1-8,10,16-17,22H,9H2,(H,26,30)/t16-,17-/m1/s1. The molecule has 2 bridgehead atoms. The van der Waals surface area contributed by atoms with Gasteiger partial charge in [0.15, 0.2) is 0 Å². The van der Waals surface area contributed by atoms with Gasteiger partial charge in [-0.05, 0) is 36.4 Å². The molecule has 4 aromatic rings. The van der Waals surface area contributed by atoms with Gasteiger partial charge in [-0.25, -0.2) is 13.4 Å². The van der Waals surface area contributed by atoms with Crippen LogP contribution in [0, 0.1) is 0 Å². The molecule has 174 valence electrons. The molecule has 0 amide bonds. The molecule has 2 aromatic heterocycles. The Morgan fingerprint density at radius 3 is 2.71 bits per heavy atom. The molecule has 34 heavy (non-hydrogen) atoms. The fraction of sp³-hybridized carbons (Fsp3) is 0.182. The number of hydrogen-bond donors (Lipinski definition) is 1. The van der Waals surface area contributed by atoms with Crippen molar-refractivity contribution in [3.63, 3.8) is 0 Å². The van der Waals surface area contributed by atoms with Gasteiger partial charge in [0.05, 0.1) is 22.8 Å². The first-order valence-corrected chi connectivity index (χ1v) is 12.1. The van der Waals surface area contributed by atoms with Crippen LogP contribution in [-0.4, -0.2) is 29.6 Å². The van der Waals surface area contributed by atoms with Crippen molar-refractivity contribution in [1.29, 1.82) is 0 Å². The third-order valence-electron chi connectivity index (χ3n) is 6.16. The van der Waals surface area contributed by atoms with E-state index in [9.17, 15) is 22.0 Å². The summed E-state index contributed by atoms with van der Waals surface area (Å²) in [6.07, 6.45) is 1.38. The van der Waals surface area contributed by atoms with Gasteiger partial charge in [0.2, 0.25) is 5.56 Å². The molecular formula is C22H15ClF2N4O4S. The van der Waals surface area contributed by atoms with Crippen LogP contribution in [0.4, 0.5) is 14.5 Å². The summed E-state index contributed by atoms with van der Waals surface area (Å²) in [5.74, 6) is 0.351. The largest absolute Gasteiger partial charge is 0.434 e. The fourth-order valence-electron chi connectivity index (χ4n) is 4.91. The highest BCUT2D eigenvalue weighted by Crippen LogP contribution is 2.56. The van der Waals surface area contributed by atoms with Crippen molar-refractivity contribution in [3.05, 3.63) is 81.5 Å². The van der Waals surface area contributed by atoms with Gasteiger partial charge in [0.1, 0.15) is 22.5 Å². The number of alkyl halides is 2. The molecule has 0 radical (unpaired) electrons. The molecule has 2 aromatic carbocycles. The Labute approximate surface area is 196 Å². The third-order valence-corrected chi connectivity index (χ3v) is 8.21. The molecule has 0 saturated carbocycles. The molecule has 0 unspecified atom stereocenters. The number of rotatable bonds is 4. The maximum Gasteiger partial charge on any atom is 0.387 e. The molecule has 0 fully saturated rings. The molecule has 2 aliphatic rings. The number of ether oxygens (including phenoxy) is 1. The van der Waals surface area contributed by atoms with E-state index in [0.717, 1.165) is 12.3 Å². The van der Waals surface area contributed by atoms with E-state index in [2.05, 4.69) is 9.97 Å². The summed E-state index contributed by atoms with van der Waals surface area (Å²) >= 11 is 6.21. The van der Waals surface area contributed by atoms with Crippen molar-refractivity contribution < 1.29 is 21.9 Å². The van der Waals surface area contributed by atoms with Crippen molar-refractivity contribution in [2.24, 2.45) is 0 Å². The van der Waals surface area contributed by atoms with Crippen molar-refractivity contribution in [1.82, 2.24) is 14.5 Å². The first-order chi connectivity index (χ1) is 16.3. The summed E-state index contributed by atoms with van der Waals surface area (Å²) < 4.78 is 62.0. The van der Waals surface area contributed by atoms with Crippen LogP contribution in [0.2, 0.25) is 5.02 Å². The van der Waals surface area contributed by atoms with Crippen molar-refractivity contribution in [2.45, 2.75) is 30.0 Å². The summed E-state index contributed by atoms with van der Waals surface area (Å²) in [6.45, 7) is -3.09. The van der Waals surface area contributed by atoms with E-state index in [1.54, 1.807) is 24.3 Å². The van der Waals surface area contributed by atoms with E-state index >= 15 is 0 Å². The molecule has 0 saturated heterocycles. The number of aromatic amines is 1. The van der Waals surface area contributed by atoms with Crippen LogP contribution in [-0.2, 0) is 10.0 Å². The summed E-state index contributed by atoms with van der Waals surface area (Å²) in [5, 5.41) is 0.465. The lowest BCUT2D eigenvalue weighted by atomic mass is 9.95. The van der Waals surface area contributed by atoms with E-state index < -0.39 is 34.3 Å². The Kier molecular flexibility index (Phi) is 4.52. The van der Waals surface area contributed by atoms with Crippen molar-refractivity contribution >= 4 is 38.3 Å². The first kappa shape index (κ1) is 21.1. The van der Waals surface area contributed by atoms with Gasteiger partial charge in [-0.3, -0.25) is 9.10 Å². The lowest BCUT2D eigenvalue weighted by Gasteiger charge is -2.36. The molecule has 6 rings (SSSR count). The fourth-order valence-corrected chi connectivity index (χ4v) is 6.69. The van der Waals surface area contributed by atoms with Gasteiger partial charge in [0, 0.05) is 29.3 Å². The van der Waals surface area contributed by atoms with Gasteiger partial charge < -0.3 is 14.3 Å². The minimum Gasteiger partial charge on any atom is -0.434 e. The number of nitrogens with one attached hydrogen (secondary N) is 1. The van der Waals surface area contributed by atoms with Crippen LogP contribution in [0.15, 0.2) is 64.4 Å². The number of benzene rings is 2. The number of H-pyrrole nitrogens is 1. The van der Waals surface area contributed by atoms with Crippen LogP contribution in [0.1, 0.15) is 29.9 Å². The Balaban J connectivity index is 1.65. The monoisotopic (exact) mass is 504 g/mol. The molecule has 4 heterocycles. The lowest BCUT2D eigenvalue weighted by Crippen LogP contribution is -2.37. The number of aromatic nitrogens is 3. The quantitative estimate of drug-likeness (QED) is 0.449. The number of hydrogen-bond acceptors (Lipinski definition) is 5. The van der Waals surface area contributed by atoms with Crippen LogP contribution in [0.5, 0.6) is 5.75 Å². The van der Waals surface area contributed by atoms with E-state index in [0.29, 0.717) is 27.4 Å². The zero-order valence-corrected chi connectivity index (χ0v) is 18.7. The second kappa shape index (κ2) is 7.28. The minimum absolute atomic E-state index is 0.116. The van der Waals surface area contributed by atoms with Gasteiger partial charge in [-0.1, -0.05) is 17.7 Å². The lowest BCUT2D eigenvalue weighted by molar-refractivity contribution is -0.0506. The highest BCUT2D eigenvalue weighted by molar-refractivity contribution is 7.92. The topological polar surface area (TPSA) is 97.3 Å². The highest BCUT2D eigenvalue weighted by atomic mass is 35.5. The van der Waals surface area contributed by atoms with Gasteiger partial charge in [-0.15, -0.1) is 0 Å². The Bertz CT molecular complexity index is 1620. The second-order valence-electron chi connectivity index (χ2n) is 8.00. The average molecular weight is 505 g/mol. The van der Waals surface area contributed by atoms with Gasteiger partial charge >= 0.3 is 6.61 Å². The maximum absolute atomic E-state index is 13.8. The van der Waals surface area contributed by atoms with Crippen LogP contribution in [0.25, 0.3) is 11.0 Å². The summed E-state index contributed by atoms with van der Waals surface area (Å²) in [6, 6.07) is 10.6. The van der Waals surface area contributed by atoms with Gasteiger partial charge in [-0.2, -0.15) is 8.78 Å². The van der Waals surface area contributed by atoms with Crippen molar-refractivity contribution in [3.8, 4) is 5.75 Å². The number of imidazole rings is 1. The molecule has 12 heteroatoms. The molecule has 0 spiro atoms. The normalized spacial score (nSPS) is 18.9. The third kappa shape index (κ3) is 2.96. The summed E-state index contributed by atoms with van der Waals surface area (Å²) in [5.41, 5.74) is 1.34. The van der Waals surface area contributed by atoms with Crippen molar-refractivity contribution in [2.75, 3.05) is 4.31 Å². The maximum atomic E-state index is 13.8. The smallest absolute Gasteiger partial charge is 0.387 e. The highest BCUT2D eigenvalue weighted by Gasteiger charge is 2.50. The van der Waals surface area contributed by atoms with E-state index in [1.165, 1.54) is 22.5 Å². The molecular weight excluding hydrogens is 490 g/mol. The minimum atomic E-state index is -4.22. The van der Waals surface area contributed by atoms with Crippen LogP contribution >= 0.6 is 11.6 Å². The second-order valence-corrected chi connectivity index (χ2v) is 10.2. The van der Waals surface area contributed by atoms with E-state index in [4.69, 9.17) is 16.3 Å².